The van der Waals surface area contributed by atoms with Crippen molar-refractivity contribution in [1.29, 1.82) is 0 Å². The second kappa shape index (κ2) is 11.2. The lowest BCUT2D eigenvalue weighted by Gasteiger charge is -2.21. The Morgan fingerprint density at radius 1 is 1.03 bits per heavy atom. The van der Waals surface area contributed by atoms with Gasteiger partial charge in [-0.25, -0.2) is 4.98 Å². The molecule has 0 bridgehead atoms. The number of nitrogens with one attached hydrogen (secondary N) is 1. The number of pyridine rings is 1. The minimum absolute atomic E-state index is 0.231. The lowest BCUT2D eigenvalue weighted by molar-refractivity contribution is 0.107. The van der Waals surface area contributed by atoms with E-state index in [0.29, 0.717) is 18.3 Å². The molecule has 2 N–H and O–H groups in total. The van der Waals surface area contributed by atoms with Gasteiger partial charge in [0.1, 0.15) is 24.3 Å². The molecule has 0 aliphatic rings. The molecule has 3 rings (SSSR count). The van der Waals surface area contributed by atoms with E-state index in [1.165, 1.54) is 0 Å². The number of rotatable bonds is 11. The van der Waals surface area contributed by atoms with Crippen LogP contribution in [0.25, 0.3) is 22.9 Å². The average molecular weight is 454 g/mol. The Kier molecular flexibility index (Phi) is 8.41. The van der Waals surface area contributed by atoms with Gasteiger partial charge in [-0.2, -0.15) is 0 Å². The van der Waals surface area contributed by atoms with Crippen LogP contribution in [0.15, 0.2) is 28.8 Å². The summed E-state index contributed by atoms with van der Waals surface area (Å²) in [4.78, 5) is 6.85. The van der Waals surface area contributed by atoms with Gasteiger partial charge in [-0.15, -0.1) is 10.2 Å². The molecule has 3 aromatic rings. The maximum absolute atomic E-state index is 9.98. The Balaban J connectivity index is 1.85. The second-order valence-corrected chi connectivity index (χ2v) is 8.11. The van der Waals surface area contributed by atoms with E-state index in [0.717, 1.165) is 58.9 Å². The molecule has 0 radical (unpaired) electrons. The molecule has 0 unspecified atom stereocenters. The first-order valence-electron chi connectivity index (χ1n) is 11.6. The number of hydrogen-bond donors (Lipinski definition) is 2. The number of aliphatic hydroxyl groups is 1. The Bertz CT molecular complexity index is 1060. The van der Waals surface area contributed by atoms with Crippen molar-refractivity contribution in [3.8, 4) is 28.7 Å². The van der Waals surface area contributed by atoms with Crippen molar-refractivity contribution < 1.29 is 14.3 Å². The van der Waals surface area contributed by atoms with Crippen molar-refractivity contribution in [3.63, 3.8) is 0 Å². The molecule has 0 saturated carbocycles. The van der Waals surface area contributed by atoms with Gasteiger partial charge in [0.25, 0.3) is 0 Å². The van der Waals surface area contributed by atoms with E-state index in [1.54, 1.807) is 13.2 Å². The van der Waals surface area contributed by atoms with Gasteiger partial charge >= 0.3 is 0 Å². The highest BCUT2D eigenvalue weighted by atomic mass is 16.5. The normalized spacial score (nSPS) is 12.1. The number of hydrogen-bond acceptors (Lipinski definition) is 8. The highest BCUT2D eigenvalue weighted by Crippen LogP contribution is 2.32. The molecule has 0 fully saturated rings. The largest absolute Gasteiger partial charge is 0.490 e. The number of likely N-dealkylation sites (N-methyl/N-ethyl adjacent to an activating group) is 1. The standard InChI is InChI=1S/C25H35N5O3/c1-7-18-12-19(10-16(4)22(18)32-15-21(31)14-26-6)24-28-29-25(33-24)20-11-17(5)23(27-13-20)30(8-2)9-3/h10-13,21,26,31H,7-9,14-15H2,1-6H3/t21-/m0/s1. The molecule has 8 heteroatoms. The number of aliphatic hydroxyl groups excluding tert-OH is 1. The molecule has 1 aromatic carbocycles. The zero-order valence-corrected chi connectivity index (χ0v) is 20.5. The van der Waals surface area contributed by atoms with Crippen LogP contribution in [-0.4, -0.2) is 59.7 Å². The zero-order chi connectivity index (χ0) is 24.0. The fourth-order valence-electron chi connectivity index (χ4n) is 3.91. The summed E-state index contributed by atoms with van der Waals surface area (Å²) in [5.74, 6) is 2.66. The van der Waals surface area contributed by atoms with Crippen LogP contribution in [-0.2, 0) is 6.42 Å². The van der Waals surface area contributed by atoms with Crippen molar-refractivity contribution in [1.82, 2.24) is 20.5 Å². The van der Waals surface area contributed by atoms with Gasteiger partial charge in [0.2, 0.25) is 11.8 Å². The first-order valence-corrected chi connectivity index (χ1v) is 11.6. The van der Waals surface area contributed by atoms with E-state index >= 15 is 0 Å². The van der Waals surface area contributed by atoms with Crippen LogP contribution in [0.4, 0.5) is 5.82 Å². The van der Waals surface area contributed by atoms with E-state index in [9.17, 15) is 5.11 Å². The van der Waals surface area contributed by atoms with Crippen molar-refractivity contribution in [2.24, 2.45) is 0 Å². The van der Waals surface area contributed by atoms with Crippen molar-refractivity contribution in [2.45, 2.75) is 47.1 Å². The Morgan fingerprint density at radius 3 is 2.30 bits per heavy atom. The van der Waals surface area contributed by atoms with Crippen LogP contribution < -0.4 is 15.0 Å². The Labute approximate surface area is 196 Å². The molecule has 2 aromatic heterocycles. The maximum atomic E-state index is 9.98. The van der Waals surface area contributed by atoms with E-state index in [1.807, 2.05) is 32.0 Å². The van der Waals surface area contributed by atoms with Crippen molar-refractivity contribution in [3.05, 3.63) is 41.1 Å². The van der Waals surface area contributed by atoms with Crippen LogP contribution in [0.2, 0.25) is 0 Å². The van der Waals surface area contributed by atoms with Gasteiger partial charge in [0.05, 0.1) is 5.56 Å². The molecular formula is C25H35N5O3. The summed E-state index contributed by atoms with van der Waals surface area (Å²) in [7, 11) is 1.80. The first-order chi connectivity index (χ1) is 15.9. The quantitative estimate of drug-likeness (QED) is 0.453. The van der Waals surface area contributed by atoms with E-state index in [4.69, 9.17) is 9.15 Å². The summed E-state index contributed by atoms with van der Waals surface area (Å²) < 4.78 is 12.0. The summed E-state index contributed by atoms with van der Waals surface area (Å²) >= 11 is 0. The number of benzene rings is 1. The third-order valence-electron chi connectivity index (χ3n) is 5.62. The number of ether oxygens (including phenoxy) is 1. The summed E-state index contributed by atoms with van der Waals surface area (Å²) in [6, 6.07) is 6.02. The molecule has 178 valence electrons. The summed E-state index contributed by atoms with van der Waals surface area (Å²) in [5.41, 5.74) is 4.70. The zero-order valence-electron chi connectivity index (χ0n) is 20.5. The predicted octanol–water partition coefficient (Wildman–Crippen LogP) is 3.78. The van der Waals surface area contributed by atoms with E-state index in [2.05, 4.69) is 46.2 Å². The minimum atomic E-state index is -0.567. The lowest BCUT2D eigenvalue weighted by atomic mass is 10.0. The minimum Gasteiger partial charge on any atom is -0.490 e. The van der Waals surface area contributed by atoms with Crippen LogP contribution >= 0.6 is 0 Å². The second-order valence-electron chi connectivity index (χ2n) is 8.11. The highest BCUT2D eigenvalue weighted by molar-refractivity contribution is 5.63. The van der Waals surface area contributed by atoms with Crippen LogP contribution in [0.3, 0.4) is 0 Å². The number of aryl methyl sites for hydroxylation is 3. The van der Waals surface area contributed by atoms with Gasteiger partial charge in [0, 0.05) is 31.4 Å². The van der Waals surface area contributed by atoms with Crippen molar-refractivity contribution in [2.75, 3.05) is 38.2 Å². The number of anilines is 1. The smallest absolute Gasteiger partial charge is 0.249 e. The van der Waals surface area contributed by atoms with Crippen LogP contribution in [0.5, 0.6) is 5.75 Å². The monoisotopic (exact) mass is 453 g/mol. The summed E-state index contributed by atoms with van der Waals surface area (Å²) in [6.07, 6.45) is 2.00. The number of nitrogens with zero attached hydrogens (tertiary/aromatic N) is 4. The van der Waals surface area contributed by atoms with E-state index in [-0.39, 0.29) is 6.61 Å². The van der Waals surface area contributed by atoms with Gasteiger partial charge in [-0.1, -0.05) is 6.92 Å². The fourth-order valence-corrected chi connectivity index (χ4v) is 3.91. The highest BCUT2D eigenvalue weighted by Gasteiger charge is 2.17. The molecule has 1 atom stereocenters. The third-order valence-corrected chi connectivity index (χ3v) is 5.62. The third kappa shape index (κ3) is 5.69. The number of aromatic nitrogens is 3. The molecule has 0 aliphatic carbocycles. The molecule has 8 nitrogen and oxygen atoms in total. The molecule has 2 heterocycles. The van der Waals surface area contributed by atoms with Gasteiger partial charge in [-0.05, 0) is 76.1 Å². The molecule has 0 saturated heterocycles. The summed E-state index contributed by atoms with van der Waals surface area (Å²) in [6.45, 7) is 12.9. The van der Waals surface area contributed by atoms with E-state index < -0.39 is 6.10 Å². The van der Waals surface area contributed by atoms with Gasteiger partial charge in [-0.3, -0.25) is 0 Å². The maximum Gasteiger partial charge on any atom is 0.249 e. The Morgan fingerprint density at radius 2 is 1.70 bits per heavy atom. The van der Waals surface area contributed by atoms with Crippen LogP contribution in [0.1, 0.15) is 37.5 Å². The average Bonchev–Trinajstić information content (AvgIpc) is 3.30. The van der Waals surface area contributed by atoms with Gasteiger partial charge < -0.3 is 24.5 Å². The fraction of sp³-hybridized carbons (Fsp3) is 0.480. The summed E-state index contributed by atoms with van der Waals surface area (Å²) in [5, 5.41) is 21.5. The first kappa shape index (κ1) is 24.7. The van der Waals surface area contributed by atoms with Crippen molar-refractivity contribution >= 4 is 5.82 Å². The lowest BCUT2D eigenvalue weighted by Crippen LogP contribution is -2.29. The predicted molar refractivity (Wildman–Crippen MR) is 131 cm³/mol. The SMILES string of the molecule is CCc1cc(-c2nnc(-c3cnc(N(CC)CC)c(C)c3)o2)cc(C)c1OC[C@@H](O)CNC. The molecule has 0 amide bonds. The molecule has 0 aliphatic heterocycles. The molecule has 0 spiro atoms. The van der Waals surface area contributed by atoms with Gasteiger partial charge in [0.15, 0.2) is 0 Å². The topological polar surface area (TPSA) is 96.5 Å². The molecule has 33 heavy (non-hydrogen) atoms. The van der Waals surface area contributed by atoms with Crippen LogP contribution in [0, 0.1) is 13.8 Å². The molecular weight excluding hydrogens is 418 g/mol. The Hall–Kier alpha value is -2.97.